The van der Waals surface area contributed by atoms with Crippen molar-refractivity contribution in [1.82, 2.24) is 4.90 Å². The van der Waals surface area contributed by atoms with Crippen molar-refractivity contribution in [2.45, 2.75) is 296 Å². The van der Waals surface area contributed by atoms with Crippen LogP contribution in [0.1, 0.15) is 296 Å². The number of allylic oxidation sites excluding steroid dienone is 4. The van der Waals surface area contributed by atoms with Crippen LogP contribution in [0.5, 0.6) is 0 Å². The fourth-order valence-electron chi connectivity index (χ4n) is 8.29. The highest BCUT2D eigenvalue weighted by molar-refractivity contribution is 7.46. The molecule has 6 heteroatoms. The molecule has 0 fully saturated rings. The van der Waals surface area contributed by atoms with Crippen LogP contribution < -0.4 is 0 Å². The molecule has 60 heavy (non-hydrogen) atoms. The van der Waals surface area contributed by atoms with Gasteiger partial charge in [-0.1, -0.05) is 256 Å². The zero-order chi connectivity index (χ0) is 43.6. The van der Waals surface area contributed by atoms with Gasteiger partial charge in [0.2, 0.25) is 0 Å². The monoisotopic (exact) mass is 864 g/mol. The van der Waals surface area contributed by atoms with E-state index in [9.17, 15) is 4.57 Å². The van der Waals surface area contributed by atoms with Gasteiger partial charge in [-0.3, -0.25) is 4.52 Å². The third kappa shape index (κ3) is 53.3. The lowest BCUT2D eigenvalue weighted by Gasteiger charge is -2.15. The number of rotatable bonds is 51. The molecule has 0 amide bonds. The molecule has 0 aromatic heterocycles. The summed E-state index contributed by atoms with van der Waals surface area (Å²) < 4.78 is 15.2. The summed E-state index contributed by atoms with van der Waals surface area (Å²) in [6.07, 6.45) is 73.6. The smallest absolute Gasteiger partial charge is 0.355 e. The maximum Gasteiger partial charge on any atom is 0.469 e. The van der Waals surface area contributed by atoms with Crippen LogP contribution in [0.3, 0.4) is 0 Å². The minimum atomic E-state index is -4.30. The van der Waals surface area contributed by atoms with Gasteiger partial charge in [0.15, 0.2) is 0 Å². The van der Waals surface area contributed by atoms with Gasteiger partial charge in [0.1, 0.15) is 0 Å². The van der Waals surface area contributed by atoms with Crippen LogP contribution in [0.2, 0.25) is 0 Å². The Kier molecular flexibility index (Phi) is 50.0. The molecule has 0 rings (SSSR count). The van der Waals surface area contributed by atoms with Gasteiger partial charge in [-0.2, -0.15) is 0 Å². The van der Waals surface area contributed by atoms with Crippen molar-refractivity contribution in [2.75, 3.05) is 13.2 Å². The summed E-state index contributed by atoms with van der Waals surface area (Å²) in [5.74, 6) is 0. The zero-order valence-corrected chi connectivity index (χ0v) is 41.5. The summed E-state index contributed by atoms with van der Waals surface area (Å²) in [5, 5.41) is 0. The van der Waals surface area contributed by atoms with Crippen LogP contribution in [-0.2, 0) is 9.09 Å². The summed E-state index contributed by atoms with van der Waals surface area (Å²) in [7, 11) is -4.30. The molecule has 2 N–H and O–H groups in total. The average molecular weight is 864 g/mol. The molecule has 0 aromatic carbocycles. The molecule has 0 radical (unpaired) electrons. The fourth-order valence-corrected chi connectivity index (χ4v) is 8.65. The first-order chi connectivity index (χ1) is 29.5. The third-order valence-electron chi connectivity index (χ3n) is 12.3. The van der Waals surface area contributed by atoms with E-state index in [0.29, 0.717) is 0 Å². The van der Waals surface area contributed by atoms with E-state index in [1.54, 1.807) is 0 Å². The quantitative estimate of drug-likeness (QED) is 0.0362. The molecule has 0 saturated heterocycles. The second-order valence-electron chi connectivity index (χ2n) is 18.4. The van der Waals surface area contributed by atoms with E-state index in [1.165, 1.54) is 263 Å². The maximum atomic E-state index is 10.7. The average Bonchev–Trinajstić information content (AvgIpc) is 3.23. The van der Waals surface area contributed by atoms with Crippen LogP contribution in [0.4, 0.5) is 0 Å². The molecule has 0 aliphatic carbocycles. The molecule has 0 atom stereocenters. The van der Waals surface area contributed by atoms with Crippen LogP contribution >= 0.6 is 7.82 Å². The van der Waals surface area contributed by atoms with Crippen molar-refractivity contribution in [3.05, 3.63) is 36.7 Å². The Labute approximate surface area is 376 Å². The van der Waals surface area contributed by atoms with Gasteiger partial charge in [0.25, 0.3) is 0 Å². The highest BCUT2D eigenvalue weighted by atomic mass is 31.2. The number of phosphoric acid groups is 1. The molecule has 0 unspecified atom stereocenters. The van der Waals surface area contributed by atoms with Gasteiger partial charge >= 0.3 is 7.82 Å². The maximum absolute atomic E-state index is 10.7. The summed E-state index contributed by atoms with van der Waals surface area (Å²) in [6.45, 7) is 5.91. The molecule has 0 bridgehead atoms. The van der Waals surface area contributed by atoms with E-state index < -0.39 is 7.82 Å². The second kappa shape index (κ2) is 50.8. The summed E-state index contributed by atoms with van der Waals surface area (Å²) in [5.41, 5.74) is 0. The lowest BCUT2D eigenvalue weighted by atomic mass is 10.0. The Morgan fingerprint density at radius 3 is 0.900 bits per heavy atom. The van der Waals surface area contributed by atoms with Crippen LogP contribution in [0.25, 0.3) is 0 Å². The Morgan fingerprint density at radius 1 is 0.350 bits per heavy atom. The Hall–Kier alpha value is -0.870. The molecule has 0 aliphatic heterocycles. The van der Waals surface area contributed by atoms with Crippen molar-refractivity contribution in [3.8, 4) is 0 Å². The zero-order valence-electron chi connectivity index (χ0n) is 40.6. The summed E-state index contributed by atoms with van der Waals surface area (Å²) in [4.78, 5) is 19.9. The summed E-state index contributed by atoms with van der Waals surface area (Å²) in [6, 6.07) is 0. The lowest BCUT2D eigenvalue weighted by Crippen LogP contribution is -2.11. The molecular formula is C54H106NO4P. The predicted octanol–water partition coefficient (Wildman–Crippen LogP) is 19.2. The minimum Gasteiger partial charge on any atom is -0.355 e. The third-order valence-corrected chi connectivity index (χ3v) is 12.8. The van der Waals surface area contributed by atoms with Crippen LogP contribution in [0, 0.1) is 0 Å². The number of nitrogens with zero attached hydrogens (tertiary/aromatic N) is 1. The van der Waals surface area contributed by atoms with E-state index in [4.69, 9.17) is 9.79 Å². The lowest BCUT2D eigenvalue weighted by molar-refractivity contribution is 0.193. The van der Waals surface area contributed by atoms with Crippen LogP contribution in [-0.4, -0.2) is 27.8 Å². The number of hydrogen-bond acceptors (Lipinski definition) is 3. The van der Waals surface area contributed by atoms with E-state index in [1.807, 2.05) is 0 Å². The Balaban J connectivity index is 4.12. The molecular weight excluding hydrogens is 758 g/mol. The van der Waals surface area contributed by atoms with Gasteiger partial charge < -0.3 is 14.7 Å². The standard InChI is InChI=1S/C54H106NO4P/c1-3-5-7-9-11-13-15-17-19-23-27-31-35-39-43-47-51-55(52-48-44-40-36-32-28-24-20-18-16-14-12-10-8-6-4-2)53-49-45-41-37-33-29-25-21-22-26-30-34-38-42-46-50-54-59-60(56,57)58/h21-22,47-48,51-52H,3-20,23-46,49-50,53-54H2,1-2H3,(H2,56,57,58)/b22-21-,51-47?,52-48?. The SMILES string of the molecule is CCCCCCCCCCCCCCCCC=CN(C=CCCCCCCCCCCCCCCCC)CCCCCCCC/C=C\CCCCCCCCOP(=O)(O)O. The van der Waals surface area contributed by atoms with Gasteiger partial charge in [0, 0.05) is 6.54 Å². The van der Waals surface area contributed by atoms with Gasteiger partial charge in [-0.15, -0.1) is 0 Å². The van der Waals surface area contributed by atoms with Gasteiger partial charge in [-0.25, -0.2) is 4.57 Å². The molecule has 0 aromatic rings. The second-order valence-corrected chi connectivity index (χ2v) is 19.6. The van der Waals surface area contributed by atoms with Gasteiger partial charge in [0.05, 0.1) is 6.61 Å². The highest BCUT2D eigenvalue weighted by Crippen LogP contribution is 2.35. The molecule has 0 saturated carbocycles. The topological polar surface area (TPSA) is 70.0 Å². The van der Waals surface area contributed by atoms with Crippen molar-refractivity contribution in [3.63, 3.8) is 0 Å². The van der Waals surface area contributed by atoms with E-state index >= 15 is 0 Å². The fraction of sp³-hybridized carbons (Fsp3) is 0.889. The van der Waals surface area contributed by atoms with E-state index in [2.05, 4.69) is 60.0 Å². The van der Waals surface area contributed by atoms with E-state index in [0.717, 1.165) is 25.8 Å². The predicted molar refractivity (Wildman–Crippen MR) is 267 cm³/mol. The first-order valence-corrected chi connectivity index (χ1v) is 28.5. The highest BCUT2D eigenvalue weighted by Gasteiger charge is 2.12. The number of phosphoric ester groups is 1. The molecule has 356 valence electrons. The Morgan fingerprint density at radius 2 is 0.600 bits per heavy atom. The normalized spacial score (nSPS) is 12.3. The Bertz CT molecular complexity index is 904. The first kappa shape index (κ1) is 59.1. The van der Waals surface area contributed by atoms with Crippen molar-refractivity contribution in [1.29, 1.82) is 0 Å². The number of hydrogen-bond donors (Lipinski definition) is 2. The molecule has 0 aliphatic rings. The largest absolute Gasteiger partial charge is 0.469 e. The van der Waals surface area contributed by atoms with Crippen molar-refractivity contribution < 1.29 is 18.9 Å². The number of unbranched alkanes of at least 4 members (excludes halogenated alkanes) is 40. The summed E-state index contributed by atoms with van der Waals surface area (Å²) >= 11 is 0. The molecule has 0 spiro atoms. The van der Waals surface area contributed by atoms with Gasteiger partial charge in [-0.05, 0) is 76.6 Å². The first-order valence-electron chi connectivity index (χ1n) is 26.9. The van der Waals surface area contributed by atoms with Crippen molar-refractivity contribution in [2.24, 2.45) is 0 Å². The van der Waals surface area contributed by atoms with Crippen LogP contribution in [0.15, 0.2) is 36.7 Å². The minimum absolute atomic E-state index is 0.153. The molecule has 5 nitrogen and oxygen atoms in total. The van der Waals surface area contributed by atoms with Crippen molar-refractivity contribution >= 4 is 7.82 Å². The van der Waals surface area contributed by atoms with E-state index in [-0.39, 0.29) is 6.61 Å². The molecule has 0 heterocycles.